The van der Waals surface area contributed by atoms with Crippen molar-refractivity contribution in [3.05, 3.63) is 0 Å². The molecule has 0 saturated carbocycles. The normalized spacial score (nSPS) is 11.8. The molecule has 0 amide bonds. The third-order valence-corrected chi connectivity index (χ3v) is 0.670. The Morgan fingerprint density at radius 3 is 2.38 bits per heavy atom. The molecule has 0 radical (unpaired) electrons. The fourth-order valence-electron chi connectivity index (χ4n) is 0.141. The van der Waals surface area contributed by atoms with E-state index in [1.807, 2.05) is 0 Å². The minimum Gasteiger partial charge on any atom is -0.286 e. The number of hydrogen-bond donors (Lipinski definition) is 2. The molecule has 3 N–H and O–H groups in total. The predicted octanol–water partition coefficient (Wildman–Crippen LogP) is -1.27. The monoisotopic (exact) mass is 140 g/mol. The van der Waals surface area contributed by atoms with Crippen LogP contribution in [0.3, 0.4) is 0 Å². The van der Waals surface area contributed by atoms with Crippen molar-refractivity contribution >= 4 is 10.2 Å². The molecule has 0 aromatic heterocycles. The lowest BCUT2D eigenvalue weighted by Crippen LogP contribution is -2.30. The van der Waals surface area contributed by atoms with E-state index in [0.29, 0.717) is 0 Å². The van der Waals surface area contributed by atoms with E-state index >= 15 is 0 Å². The molecule has 0 aliphatic rings. The summed E-state index contributed by atoms with van der Waals surface area (Å²) in [6, 6.07) is 0. The molecular weight excluding hydrogens is 132 g/mol. The van der Waals surface area contributed by atoms with Crippen molar-refractivity contribution in [1.82, 2.24) is 4.89 Å². The van der Waals surface area contributed by atoms with Crippen molar-refractivity contribution in [1.29, 1.82) is 0 Å². The average Bonchev–Trinajstić information content (AvgIpc) is 1.59. The third-order valence-electron chi connectivity index (χ3n) is 0.319. The third kappa shape index (κ3) is 5.83. The van der Waals surface area contributed by atoms with Gasteiger partial charge in [-0.15, -0.1) is 0 Å². The van der Waals surface area contributed by atoms with Crippen molar-refractivity contribution in [3.63, 3.8) is 0 Å². The number of rotatable bonds is 3. The van der Waals surface area contributed by atoms with Crippen LogP contribution in [0, 0.1) is 0 Å². The molecule has 0 spiro atoms. The molecule has 8 heavy (non-hydrogen) atoms. The molecule has 0 saturated heterocycles. The van der Waals surface area contributed by atoms with Gasteiger partial charge in [-0.1, -0.05) is 4.89 Å². The van der Waals surface area contributed by atoms with Gasteiger partial charge in [0.25, 0.3) is 10.2 Å². The summed E-state index contributed by atoms with van der Waals surface area (Å²) in [6.07, 6.45) is 0. The Kier molecular flexibility index (Phi) is 2.91. The van der Waals surface area contributed by atoms with E-state index in [1.54, 1.807) is 11.8 Å². The first-order chi connectivity index (χ1) is 3.56. The number of nitrogens with one attached hydrogen (secondary N) is 1. The standard InChI is InChI=1S/C2H8N2O3S/c1-2-7-4-8(3,5)6/h4H,2H2,1H3,(H2,3,5,6). The van der Waals surface area contributed by atoms with E-state index in [2.05, 4.69) is 9.98 Å². The van der Waals surface area contributed by atoms with Crippen LogP contribution in [-0.2, 0) is 15.0 Å². The summed E-state index contributed by atoms with van der Waals surface area (Å²) in [7, 11) is -3.66. The van der Waals surface area contributed by atoms with Crippen molar-refractivity contribution < 1.29 is 13.3 Å². The van der Waals surface area contributed by atoms with Crippen LogP contribution >= 0.6 is 0 Å². The highest BCUT2D eigenvalue weighted by molar-refractivity contribution is 7.87. The molecule has 50 valence electrons. The van der Waals surface area contributed by atoms with Crippen molar-refractivity contribution in [2.45, 2.75) is 6.92 Å². The van der Waals surface area contributed by atoms with Crippen LogP contribution in [0.25, 0.3) is 0 Å². The predicted molar refractivity (Wildman–Crippen MR) is 27.9 cm³/mol. The molecule has 0 aliphatic heterocycles. The van der Waals surface area contributed by atoms with Crippen LogP contribution in [0.2, 0.25) is 0 Å². The summed E-state index contributed by atoms with van der Waals surface area (Å²) in [5.74, 6) is 0. The molecule has 5 nitrogen and oxygen atoms in total. The summed E-state index contributed by atoms with van der Waals surface area (Å²) >= 11 is 0. The molecule has 0 heterocycles. The van der Waals surface area contributed by atoms with Gasteiger partial charge >= 0.3 is 0 Å². The second-order valence-electron chi connectivity index (χ2n) is 1.06. The van der Waals surface area contributed by atoms with E-state index in [1.165, 1.54) is 0 Å². The second kappa shape index (κ2) is 2.98. The van der Waals surface area contributed by atoms with Crippen LogP contribution in [0.5, 0.6) is 0 Å². The van der Waals surface area contributed by atoms with Crippen LogP contribution in [-0.4, -0.2) is 15.0 Å². The topological polar surface area (TPSA) is 81.4 Å². The van der Waals surface area contributed by atoms with Crippen molar-refractivity contribution in [2.24, 2.45) is 5.14 Å². The number of hydrogen-bond acceptors (Lipinski definition) is 3. The summed E-state index contributed by atoms with van der Waals surface area (Å²) in [5.41, 5.74) is 0. The average molecular weight is 140 g/mol. The van der Waals surface area contributed by atoms with Gasteiger partial charge in [0, 0.05) is 0 Å². The van der Waals surface area contributed by atoms with Crippen LogP contribution < -0.4 is 10.0 Å². The summed E-state index contributed by atoms with van der Waals surface area (Å²) in [6.45, 7) is 1.90. The molecule has 0 aromatic rings. The van der Waals surface area contributed by atoms with Gasteiger partial charge in [0.2, 0.25) is 0 Å². The van der Waals surface area contributed by atoms with Gasteiger partial charge in [0.05, 0.1) is 6.61 Å². The quantitative estimate of drug-likeness (QED) is 0.479. The smallest absolute Gasteiger partial charge is 0.286 e. The van der Waals surface area contributed by atoms with Crippen LogP contribution in [0.4, 0.5) is 0 Å². The number of nitrogens with two attached hydrogens (primary N) is 1. The van der Waals surface area contributed by atoms with Crippen molar-refractivity contribution in [2.75, 3.05) is 6.61 Å². The highest BCUT2D eigenvalue weighted by Crippen LogP contribution is 1.67. The minimum atomic E-state index is -3.66. The molecular formula is C2H8N2O3S. The summed E-state index contributed by atoms with van der Waals surface area (Å²) < 4.78 is 19.9. The fraction of sp³-hybridized carbons (Fsp3) is 1.00. The molecule has 0 bridgehead atoms. The Balaban J connectivity index is 3.42. The first kappa shape index (κ1) is 7.83. The van der Waals surface area contributed by atoms with Gasteiger partial charge in [-0.05, 0) is 6.92 Å². The molecule has 0 fully saturated rings. The second-order valence-corrected chi connectivity index (χ2v) is 2.32. The fourth-order valence-corrected chi connectivity index (χ4v) is 0.423. The Hall–Kier alpha value is -0.170. The Bertz CT molecular complexity index is 139. The van der Waals surface area contributed by atoms with E-state index in [0.717, 1.165) is 0 Å². The van der Waals surface area contributed by atoms with Gasteiger partial charge < -0.3 is 0 Å². The highest BCUT2D eigenvalue weighted by Gasteiger charge is 1.96. The SMILES string of the molecule is CCONS(N)(=O)=O. The maximum atomic E-state index is 9.93. The Morgan fingerprint density at radius 1 is 1.75 bits per heavy atom. The van der Waals surface area contributed by atoms with Crippen molar-refractivity contribution in [3.8, 4) is 0 Å². The van der Waals surface area contributed by atoms with Gasteiger partial charge in [-0.25, -0.2) is 5.14 Å². The zero-order chi connectivity index (χ0) is 6.62. The molecule has 0 unspecified atom stereocenters. The van der Waals surface area contributed by atoms with E-state index in [-0.39, 0.29) is 6.61 Å². The van der Waals surface area contributed by atoms with E-state index < -0.39 is 10.2 Å². The first-order valence-corrected chi connectivity index (χ1v) is 3.52. The lowest BCUT2D eigenvalue weighted by atomic mass is 10.9. The van der Waals surface area contributed by atoms with E-state index in [9.17, 15) is 8.42 Å². The molecule has 0 aliphatic carbocycles. The zero-order valence-electron chi connectivity index (χ0n) is 4.42. The summed E-state index contributed by atoms with van der Waals surface area (Å²) in [5, 5.41) is 4.46. The maximum absolute atomic E-state index is 9.93. The van der Waals surface area contributed by atoms with Crippen LogP contribution in [0.15, 0.2) is 0 Å². The minimum absolute atomic E-state index is 0.260. The van der Waals surface area contributed by atoms with E-state index in [4.69, 9.17) is 0 Å². The largest absolute Gasteiger partial charge is 0.296 e. The van der Waals surface area contributed by atoms with Gasteiger partial charge in [-0.3, -0.25) is 4.84 Å². The molecule has 6 heteroatoms. The zero-order valence-corrected chi connectivity index (χ0v) is 5.23. The summed E-state index contributed by atoms with van der Waals surface area (Å²) in [4.78, 5) is 5.86. The van der Waals surface area contributed by atoms with Gasteiger partial charge in [0.15, 0.2) is 0 Å². The lowest BCUT2D eigenvalue weighted by Gasteiger charge is -1.96. The Labute approximate surface area is 48.0 Å². The maximum Gasteiger partial charge on any atom is 0.296 e. The van der Waals surface area contributed by atoms with Crippen LogP contribution in [0.1, 0.15) is 6.92 Å². The lowest BCUT2D eigenvalue weighted by molar-refractivity contribution is 0.105. The highest BCUT2D eigenvalue weighted by atomic mass is 32.2. The molecule has 0 rings (SSSR count). The van der Waals surface area contributed by atoms with Gasteiger partial charge in [0.1, 0.15) is 0 Å². The van der Waals surface area contributed by atoms with Gasteiger partial charge in [-0.2, -0.15) is 8.42 Å². The first-order valence-electron chi connectivity index (χ1n) is 1.97. The Morgan fingerprint density at radius 2 is 2.25 bits per heavy atom. The molecule has 0 atom stereocenters. The molecule has 0 aromatic carbocycles.